The molecule has 0 aromatic heterocycles. The summed E-state index contributed by atoms with van der Waals surface area (Å²) in [5, 5.41) is 2.67. The van der Waals surface area contributed by atoms with Gasteiger partial charge in [0.05, 0.1) is 5.56 Å². The molecule has 0 radical (unpaired) electrons. The zero-order chi connectivity index (χ0) is 15.7. The van der Waals surface area contributed by atoms with Gasteiger partial charge in [-0.3, -0.25) is 14.4 Å². The van der Waals surface area contributed by atoms with Crippen LogP contribution in [0.4, 0.5) is 0 Å². The summed E-state index contributed by atoms with van der Waals surface area (Å²) in [5.74, 6) is -0.768. The number of carbonyl (C=O) groups is 3. The van der Waals surface area contributed by atoms with E-state index in [2.05, 4.69) is 5.32 Å². The second kappa shape index (κ2) is 9.18. The van der Waals surface area contributed by atoms with E-state index in [1.807, 2.05) is 6.92 Å². The normalized spacial score (nSPS) is 10.1. The van der Waals surface area contributed by atoms with Crippen LogP contribution >= 0.6 is 11.8 Å². The number of nitrogens with one attached hydrogen (secondary N) is 1. The lowest BCUT2D eigenvalue weighted by Gasteiger charge is -2.08. The van der Waals surface area contributed by atoms with Crippen molar-refractivity contribution in [3.05, 3.63) is 29.8 Å². The molecule has 0 heterocycles. The first-order valence-corrected chi connectivity index (χ1v) is 7.72. The molecule has 0 aliphatic rings. The van der Waals surface area contributed by atoms with Gasteiger partial charge in [-0.05, 0) is 18.6 Å². The minimum atomic E-state index is -0.465. The van der Waals surface area contributed by atoms with Gasteiger partial charge in [0.15, 0.2) is 5.12 Å². The number of primary amides is 1. The summed E-state index contributed by atoms with van der Waals surface area (Å²) in [6.45, 7) is 2.22. The number of rotatable bonds is 8. The van der Waals surface area contributed by atoms with Crippen molar-refractivity contribution < 1.29 is 14.4 Å². The highest BCUT2D eigenvalue weighted by Crippen LogP contribution is 2.25. The lowest BCUT2D eigenvalue weighted by atomic mass is 10.2. The van der Waals surface area contributed by atoms with E-state index < -0.39 is 5.91 Å². The predicted octanol–water partition coefficient (Wildman–Crippen LogP) is 2.10. The first kappa shape index (κ1) is 17.2. The highest BCUT2D eigenvalue weighted by Gasteiger charge is 2.14. The first-order chi connectivity index (χ1) is 10.0. The standard InChI is InChI=1S/C15H20N2O3S/c1-2-3-8-14(19)21-12-7-5-4-6-11(12)15(20)17-10-9-13(16)18/h4-7H,2-3,8-10H2,1H3,(H2,16,18)(H,17,20). The summed E-state index contributed by atoms with van der Waals surface area (Å²) in [6.07, 6.45) is 2.40. The van der Waals surface area contributed by atoms with Gasteiger partial charge >= 0.3 is 0 Å². The SMILES string of the molecule is CCCCC(=O)Sc1ccccc1C(=O)NCCC(N)=O. The van der Waals surface area contributed by atoms with E-state index in [0.29, 0.717) is 16.9 Å². The number of hydrogen-bond donors (Lipinski definition) is 2. The van der Waals surface area contributed by atoms with Gasteiger partial charge in [0.2, 0.25) is 5.91 Å². The number of nitrogens with two attached hydrogens (primary N) is 1. The molecular formula is C15H20N2O3S. The third-order valence-corrected chi connectivity index (χ3v) is 3.75. The van der Waals surface area contributed by atoms with Gasteiger partial charge in [-0.25, -0.2) is 0 Å². The van der Waals surface area contributed by atoms with Crippen LogP contribution in [0.2, 0.25) is 0 Å². The minimum absolute atomic E-state index is 0.0502. The first-order valence-electron chi connectivity index (χ1n) is 6.90. The Kier molecular flexibility index (Phi) is 7.53. The maximum absolute atomic E-state index is 12.1. The number of thioether (sulfide) groups is 1. The van der Waals surface area contributed by atoms with Crippen LogP contribution in [0, 0.1) is 0 Å². The van der Waals surface area contributed by atoms with Crippen molar-refractivity contribution in [2.75, 3.05) is 6.54 Å². The van der Waals surface area contributed by atoms with Crippen molar-refractivity contribution in [1.82, 2.24) is 5.32 Å². The van der Waals surface area contributed by atoms with Crippen molar-refractivity contribution in [3.8, 4) is 0 Å². The Bertz CT molecular complexity index is 517. The number of benzene rings is 1. The highest BCUT2D eigenvalue weighted by atomic mass is 32.2. The van der Waals surface area contributed by atoms with E-state index in [-0.39, 0.29) is 24.0 Å². The van der Waals surface area contributed by atoms with Gasteiger partial charge in [-0.15, -0.1) is 0 Å². The molecule has 114 valence electrons. The molecule has 21 heavy (non-hydrogen) atoms. The Balaban J connectivity index is 2.67. The predicted molar refractivity (Wildman–Crippen MR) is 83.0 cm³/mol. The smallest absolute Gasteiger partial charge is 0.252 e. The third-order valence-electron chi connectivity index (χ3n) is 2.75. The van der Waals surface area contributed by atoms with E-state index >= 15 is 0 Å². The quantitative estimate of drug-likeness (QED) is 0.720. The van der Waals surface area contributed by atoms with Crippen molar-refractivity contribution in [2.45, 2.75) is 37.5 Å². The molecule has 1 aromatic carbocycles. The molecule has 0 aliphatic heterocycles. The average molecular weight is 308 g/mol. The Hall–Kier alpha value is -1.82. The fraction of sp³-hybridized carbons (Fsp3) is 0.400. The summed E-state index contributed by atoms with van der Waals surface area (Å²) in [7, 11) is 0. The maximum Gasteiger partial charge on any atom is 0.252 e. The van der Waals surface area contributed by atoms with E-state index in [9.17, 15) is 14.4 Å². The van der Waals surface area contributed by atoms with Gasteiger partial charge < -0.3 is 11.1 Å². The summed E-state index contributed by atoms with van der Waals surface area (Å²) < 4.78 is 0. The molecule has 5 nitrogen and oxygen atoms in total. The Morgan fingerprint density at radius 2 is 1.90 bits per heavy atom. The second-order valence-electron chi connectivity index (χ2n) is 4.55. The van der Waals surface area contributed by atoms with Gasteiger partial charge in [-0.1, -0.05) is 37.2 Å². The van der Waals surface area contributed by atoms with E-state index in [0.717, 1.165) is 24.6 Å². The van der Waals surface area contributed by atoms with Crippen LogP contribution in [0.1, 0.15) is 43.0 Å². The Labute approximate surface area is 128 Å². The lowest BCUT2D eigenvalue weighted by Crippen LogP contribution is -2.28. The van der Waals surface area contributed by atoms with Gasteiger partial charge in [0.25, 0.3) is 5.91 Å². The van der Waals surface area contributed by atoms with Crippen molar-refractivity contribution in [1.29, 1.82) is 0 Å². The van der Waals surface area contributed by atoms with Crippen LogP contribution in [0.5, 0.6) is 0 Å². The van der Waals surface area contributed by atoms with Crippen LogP contribution in [0.3, 0.4) is 0 Å². The summed E-state index contributed by atoms with van der Waals surface area (Å²) in [4.78, 5) is 35.2. The lowest BCUT2D eigenvalue weighted by molar-refractivity contribution is -0.117. The molecule has 0 fully saturated rings. The molecule has 1 aromatic rings. The average Bonchev–Trinajstić information content (AvgIpc) is 2.45. The third kappa shape index (κ3) is 6.44. The highest BCUT2D eigenvalue weighted by molar-refractivity contribution is 8.13. The summed E-state index contributed by atoms with van der Waals surface area (Å²) >= 11 is 1.09. The molecule has 0 spiro atoms. The van der Waals surface area contributed by atoms with E-state index in [4.69, 9.17) is 5.73 Å². The fourth-order valence-electron chi connectivity index (χ4n) is 1.63. The second-order valence-corrected chi connectivity index (χ2v) is 5.65. The van der Waals surface area contributed by atoms with Crippen LogP contribution in [-0.2, 0) is 9.59 Å². The van der Waals surface area contributed by atoms with Crippen molar-refractivity contribution in [2.24, 2.45) is 5.73 Å². The Morgan fingerprint density at radius 3 is 2.57 bits per heavy atom. The van der Waals surface area contributed by atoms with Gasteiger partial charge in [-0.2, -0.15) is 0 Å². The molecule has 0 unspecified atom stereocenters. The molecule has 0 saturated carbocycles. The molecule has 3 N–H and O–H groups in total. The van der Waals surface area contributed by atoms with E-state index in [1.54, 1.807) is 24.3 Å². The molecule has 0 atom stereocenters. The van der Waals surface area contributed by atoms with Crippen LogP contribution < -0.4 is 11.1 Å². The minimum Gasteiger partial charge on any atom is -0.370 e. The summed E-state index contributed by atoms with van der Waals surface area (Å²) in [5.41, 5.74) is 5.46. The molecule has 0 saturated heterocycles. The zero-order valence-electron chi connectivity index (χ0n) is 12.1. The van der Waals surface area contributed by atoms with Crippen LogP contribution in [-0.4, -0.2) is 23.5 Å². The molecule has 0 aliphatic carbocycles. The molecule has 2 amide bonds. The Morgan fingerprint density at radius 1 is 1.19 bits per heavy atom. The fourth-order valence-corrected chi connectivity index (χ4v) is 2.54. The molecule has 0 bridgehead atoms. The van der Waals surface area contributed by atoms with Crippen molar-refractivity contribution in [3.63, 3.8) is 0 Å². The maximum atomic E-state index is 12.1. The van der Waals surface area contributed by atoms with Gasteiger partial charge in [0, 0.05) is 24.3 Å². The van der Waals surface area contributed by atoms with Crippen LogP contribution in [0.15, 0.2) is 29.2 Å². The molecular weight excluding hydrogens is 288 g/mol. The monoisotopic (exact) mass is 308 g/mol. The van der Waals surface area contributed by atoms with Crippen LogP contribution in [0.25, 0.3) is 0 Å². The van der Waals surface area contributed by atoms with Gasteiger partial charge in [0.1, 0.15) is 0 Å². The number of hydrogen-bond acceptors (Lipinski definition) is 4. The van der Waals surface area contributed by atoms with E-state index in [1.165, 1.54) is 0 Å². The number of carbonyl (C=O) groups excluding carboxylic acids is 3. The number of amides is 2. The molecule has 1 rings (SSSR count). The molecule has 6 heteroatoms. The summed E-state index contributed by atoms with van der Waals surface area (Å²) in [6, 6.07) is 6.94. The largest absolute Gasteiger partial charge is 0.370 e. The zero-order valence-corrected chi connectivity index (χ0v) is 12.9. The number of unbranched alkanes of at least 4 members (excludes halogenated alkanes) is 1. The van der Waals surface area contributed by atoms with Crippen molar-refractivity contribution >= 4 is 28.7 Å². The topological polar surface area (TPSA) is 89.3 Å².